The zero-order chi connectivity index (χ0) is 16.8. The highest BCUT2D eigenvalue weighted by molar-refractivity contribution is 5.76. The standard InChI is InChI=1S/C18H34O4/c1-4-7-15-22-17(21)18(5-2,6-3)14-12-10-8-9-11-13-16(19)20/h4-15H2,1-3H3,(H,19,20). The van der Waals surface area contributed by atoms with Gasteiger partial charge in [-0.05, 0) is 32.1 Å². The molecule has 0 aliphatic heterocycles. The molecule has 0 aromatic rings. The maximum absolute atomic E-state index is 12.4. The van der Waals surface area contributed by atoms with Gasteiger partial charge in [-0.1, -0.05) is 52.9 Å². The number of carboxylic acids is 1. The molecule has 0 aromatic heterocycles. The third kappa shape index (κ3) is 8.40. The quantitative estimate of drug-likeness (QED) is 0.364. The highest BCUT2D eigenvalue weighted by Crippen LogP contribution is 2.34. The Morgan fingerprint density at radius 3 is 2.05 bits per heavy atom. The maximum atomic E-state index is 12.4. The van der Waals surface area contributed by atoms with Crippen LogP contribution in [-0.4, -0.2) is 23.7 Å². The van der Waals surface area contributed by atoms with Crippen LogP contribution in [0.2, 0.25) is 0 Å². The summed E-state index contributed by atoms with van der Waals surface area (Å²) in [5.74, 6) is -0.748. The predicted molar refractivity (Wildman–Crippen MR) is 88.8 cm³/mol. The van der Waals surface area contributed by atoms with Gasteiger partial charge in [0.2, 0.25) is 0 Å². The van der Waals surface area contributed by atoms with Crippen LogP contribution in [0.15, 0.2) is 0 Å². The highest BCUT2D eigenvalue weighted by atomic mass is 16.5. The number of hydrogen-bond donors (Lipinski definition) is 1. The fraction of sp³-hybridized carbons (Fsp3) is 0.889. The molecule has 0 saturated carbocycles. The number of unbranched alkanes of at least 4 members (excludes halogenated alkanes) is 5. The third-order valence-corrected chi connectivity index (χ3v) is 4.56. The summed E-state index contributed by atoms with van der Waals surface area (Å²) in [5, 5.41) is 8.59. The average Bonchev–Trinajstić information content (AvgIpc) is 2.50. The number of rotatable bonds is 14. The van der Waals surface area contributed by atoms with E-state index in [4.69, 9.17) is 9.84 Å². The van der Waals surface area contributed by atoms with E-state index >= 15 is 0 Å². The van der Waals surface area contributed by atoms with Gasteiger partial charge in [-0.2, -0.15) is 0 Å². The van der Waals surface area contributed by atoms with Gasteiger partial charge in [0.1, 0.15) is 0 Å². The van der Waals surface area contributed by atoms with Crippen LogP contribution in [0, 0.1) is 5.41 Å². The number of ether oxygens (including phenoxy) is 1. The van der Waals surface area contributed by atoms with Gasteiger partial charge in [0.15, 0.2) is 0 Å². The van der Waals surface area contributed by atoms with Crippen molar-refractivity contribution < 1.29 is 19.4 Å². The monoisotopic (exact) mass is 314 g/mol. The molecule has 0 aliphatic rings. The van der Waals surface area contributed by atoms with Gasteiger partial charge in [-0.25, -0.2) is 0 Å². The van der Waals surface area contributed by atoms with E-state index in [-0.39, 0.29) is 17.8 Å². The summed E-state index contributed by atoms with van der Waals surface area (Å²) in [6.07, 6.45) is 9.58. The largest absolute Gasteiger partial charge is 0.481 e. The van der Waals surface area contributed by atoms with Crippen molar-refractivity contribution in [3.8, 4) is 0 Å². The first-order valence-corrected chi connectivity index (χ1v) is 8.91. The van der Waals surface area contributed by atoms with E-state index in [0.29, 0.717) is 6.61 Å². The summed E-state index contributed by atoms with van der Waals surface area (Å²) in [6.45, 7) is 6.76. The van der Waals surface area contributed by atoms with Crippen LogP contribution in [0.1, 0.15) is 91.4 Å². The molecular formula is C18H34O4. The molecule has 1 N–H and O–H groups in total. The zero-order valence-corrected chi connectivity index (χ0v) is 14.7. The fourth-order valence-electron chi connectivity index (χ4n) is 2.73. The Morgan fingerprint density at radius 1 is 0.909 bits per heavy atom. The Labute approximate surface area is 135 Å². The van der Waals surface area contributed by atoms with Crippen molar-refractivity contribution in [3.63, 3.8) is 0 Å². The van der Waals surface area contributed by atoms with Gasteiger partial charge in [0, 0.05) is 6.42 Å². The number of aliphatic carboxylic acids is 1. The first kappa shape index (κ1) is 20.9. The van der Waals surface area contributed by atoms with Crippen LogP contribution in [0.25, 0.3) is 0 Å². The minimum Gasteiger partial charge on any atom is -0.481 e. The summed E-state index contributed by atoms with van der Waals surface area (Å²) in [6, 6.07) is 0. The Kier molecular flexibility index (Phi) is 11.9. The second-order valence-electron chi connectivity index (χ2n) is 6.14. The van der Waals surface area contributed by atoms with Crippen molar-refractivity contribution in [2.75, 3.05) is 6.61 Å². The molecule has 0 atom stereocenters. The molecule has 0 aliphatic carbocycles. The zero-order valence-electron chi connectivity index (χ0n) is 14.7. The second-order valence-corrected chi connectivity index (χ2v) is 6.14. The smallest absolute Gasteiger partial charge is 0.312 e. The van der Waals surface area contributed by atoms with E-state index in [9.17, 15) is 9.59 Å². The van der Waals surface area contributed by atoms with Gasteiger partial charge in [-0.15, -0.1) is 0 Å². The molecule has 0 saturated heterocycles. The number of carbonyl (C=O) groups is 2. The lowest BCUT2D eigenvalue weighted by Gasteiger charge is -2.29. The summed E-state index contributed by atoms with van der Waals surface area (Å²) in [4.78, 5) is 22.8. The van der Waals surface area contributed by atoms with Crippen LogP contribution in [0.3, 0.4) is 0 Å². The normalized spacial score (nSPS) is 11.4. The lowest BCUT2D eigenvalue weighted by Crippen LogP contribution is -2.32. The summed E-state index contributed by atoms with van der Waals surface area (Å²) < 4.78 is 5.45. The van der Waals surface area contributed by atoms with E-state index in [1.165, 1.54) is 0 Å². The molecular weight excluding hydrogens is 280 g/mol. The van der Waals surface area contributed by atoms with E-state index in [0.717, 1.165) is 64.2 Å². The fourth-order valence-corrected chi connectivity index (χ4v) is 2.73. The Hall–Kier alpha value is -1.06. The van der Waals surface area contributed by atoms with Crippen LogP contribution in [0.4, 0.5) is 0 Å². The Bertz CT molecular complexity index is 308. The summed E-state index contributed by atoms with van der Waals surface area (Å²) >= 11 is 0. The van der Waals surface area contributed by atoms with Gasteiger partial charge in [0.05, 0.1) is 12.0 Å². The third-order valence-electron chi connectivity index (χ3n) is 4.56. The molecule has 0 amide bonds. The Balaban J connectivity index is 4.06. The number of carboxylic acid groups (broad SMARTS) is 1. The lowest BCUT2D eigenvalue weighted by molar-refractivity contribution is -0.157. The van der Waals surface area contributed by atoms with Crippen LogP contribution in [-0.2, 0) is 14.3 Å². The molecule has 0 rings (SSSR count). The van der Waals surface area contributed by atoms with Crippen molar-refractivity contribution in [3.05, 3.63) is 0 Å². The summed E-state index contributed by atoms with van der Waals surface area (Å²) in [7, 11) is 0. The lowest BCUT2D eigenvalue weighted by atomic mass is 9.77. The number of carbonyl (C=O) groups excluding carboxylic acids is 1. The highest BCUT2D eigenvalue weighted by Gasteiger charge is 2.35. The molecule has 4 nitrogen and oxygen atoms in total. The summed E-state index contributed by atoms with van der Waals surface area (Å²) in [5.41, 5.74) is -0.325. The molecule has 0 bridgehead atoms. The molecule has 22 heavy (non-hydrogen) atoms. The van der Waals surface area contributed by atoms with E-state index in [2.05, 4.69) is 20.8 Å². The molecule has 130 valence electrons. The van der Waals surface area contributed by atoms with Gasteiger partial charge >= 0.3 is 11.9 Å². The maximum Gasteiger partial charge on any atom is 0.312 e. The molecule has 0 fully saturated rings. The first-order chi connectivity index (χ1) is 10.5. The minimum atomic E-state index is -0.717. The topological polar surface area (TPSA) is 63.6 Å². The van der Waals surface area contributed by atoms with Crippen LogP contribution in [0.5, 0.6) is 0 Å². The van der Waals surface area contributed by atoms with Gasteiger partial charge < -0.3 is 9.84 Å². The molecule has 0 unspecified atom stereocenters. The SMILES string of the molecule is CCCCOC(=O)C(CC)(CC)CCCCCCCC(=O)O. The second kappa shape index (κ2) is 12.5. The van der Waals surface area contributed by atoms with Gasteiger partial charge in [0.25, 0.3) is 0 Å². The molecule has 0 radical (unpaired) electrons. The van der Waals surface area contributed by atoms with Crippen molar-refractivity contribution in [2.45, 2.75) is 91.4 Å². The molecule has 0 aromatic carbocycles. The van der Waals surface area contributed by atoms with Crippen LogP contribution >= 0.6 is 0 Å². The Morgan fingerprint density at radius 2 is 1.50 bits per heavy atom. The number of hydrogen-bond acceptors (Lipinski definition) is 3. The van der Waals surface area contributed by atoms with E-state index in [1.54, 1.807) is 0 Å². The van der Waals surface area contributed by atoms with Crippen molar-refractivity contribution in [1.82, 2.24) is 0 Å². The number of esters is 1. The van der Waals surface area contributed by atoms with Crippen molar-refractivity contribution >= 4 is 11.9 Å². The van der Waals surface area contributed by atoms with E-state index in [1.807, 2.05) is 0 Å². The molecule has 4 heteroatoms. The van der Waals surface area contributed by atoms with Crippen molar-refractivity contribution in [1.29, 1.82) is 0 Å². The predicted octanol–water partition coefficient (Wildman–Crippen LogP) is 4.95. The molecule has 0 spiro atoms. The molecule has 0 heterocycles. The average molecular weight is 314 g/mol. The van der Waals surface area contributed by atoms with Crippen molar-refractivity contribution in [2.24, 2.45) is 5.41 Å². The van der Waals surface area contributed by atoms with E-state index < -0.39 is 5.97 Å². The first-order valence-electron chi connectivity index (χ1n) is 8.91. The van der Waals surface area contributed by atoms with Gasteiger partial charge in [-0.3, -0.25) is 9.59 Å². The minimum absolute atomic E-state index is 0.0307. The van der Waals surface area contributed by atoms with Crippen LogP contribution < -0.4 is 0 Å².